The van der Waals surface area contributed by atoms with Crippen molar-refractivity contribution in [2.24, 2.45) is 0 Å². The van der Waals surface area contributed by atoms with Gasteiger partial charge in [0.25, 0.3) is 0 Å². The van der Waals surface area contributed by atoms with Gasteiger partial charge in [0.1, 0.15) is 16.8 Å². The number of alkyl halides is 3. The number of hydrogen-bond acceptors (Lipinski definition) is 3. The minimum Gasteiger partial charge on any atom is -0.359 e. The largest absolute Gasteiger partial charge is 0.431 e. The second kappa shape index (κ2) is 2.85. The summed E-state index contributed by atoms with van der Waals surface area (Å²) >= 11 is 0. The van der Waals surface area contributed by atoms with Crippen LogP contribution < -0.4 is 5.43 Å². The molecule has 2 heterocycles. The van der Waals surface area contributed by atoms with Crippen molar-refractivity contribution in [1.29, 1.82) is 0 Å². The Hall–Kier alpha value is -1.79. The topological polar surface area (TPSA) is 58.9 Å². The normalized spacial score (nSPS) is 12.3. The number of hydrogen-bond donors (Lipinski definition) is 1. The molecule has 0 bridgehead atoms. The van der Waals surface area contributed by atoms with Gasteiger partial charge in [0.15, 0.2) is 11.1 Å². The minimum atomic E-state index is -4.60. The zero-order valence-corrected chi connectivity index (χ0v) is 7.47. The lowest BCUT2D eigenvalue weighted by Gasteiger charge is -2.04. The van der Waals surface area contributed by atoms with E-state index in [4.69, 9.17) is 0 Å². The van der Waals surface area contributed by atoms with Crippen LogP contribution in [0.3, 0.4) is 0 Å². The first-order chi connectivity index (χ1) is 6.89. The van der Waals surface area contributed by atoms with Crippen molar-refractivity contribution >= 4 is 11.0 Å². The molecule has 1 N–H and O–H groups in total. The summed E-state index contributed by atoms with van der Waals surface area (Å²) in [6, 6.07) is 0.493. The molecule has 2 aromatic heterocycles. The van der Waals surface area contributed by atoms with Crippen LogP contribution in [0.15, 0.2) is 15.4 Å². The number of nitrogens with zero attached hydrogens (tertiary/aromatic N) is 1. The summed E-state index contributed by atoms with van der Waals surface area (Å²) in [5.74, 6) is 0.194. The Morgan fingerprint density at radius 2 is 2.13 bits per heavy atom. The number of nitrogens with one attached hydrogen (secondary N) is 1. The third-order valence-electron chi connectivity index (χ3n) is 1.94. The first kappa shape index (κ1) is 9.75. The summed E-state index contributed by atoms with van der Waals surface area (Å²) < 4.78 is 41.4. The van der Waals surface area contributed by atoms with Gasteiger partial charge in [-0.25, -0.2) is 0 Å². The van der Waals surface area contributed by atoms with E-state index in [1.54, 1.807) is 0 Å². The SMILES string of the molecule is Cc1onc2[nH]c(C(F)(F)F)cc(=O)c12. The summed E-state index contributed by atoms with van der Waals surface area (Å²) in [6.45, 7) is 1.46. The molecule has 0 unspecified atom stereocenters. The van der Waals surface area contributed by atoms with Crippen LogP contribution in [0.1, 0.15) is 11.5 Å². The second-order valence-corrected chi connectivity index (χ2v) is 3.01. The van der Waals surface area contributed by atoms with Crippen LogP contribution >= 0.6 is 0 Å². The highest BCUT2D eigenvalue weighted by Crippen LogP contribution is 2.27. The highest BCUT2D eigenvalue weighted by atomic mass is 19.4. The van der Waals surface area contributed by atoms with E-state index in [1.165, 1.54) is 6.92 Å². The number of aryl methyl sites for hydroxylation is 1. The van der Waals surface area contributed by atoms with Gasteiger partial charge < -0.3 is 9.51 Å². The van der Waals surface area contributed by atoms with Gasteiger partial charge in [-0.3, -0.25) is 4.79 Å². The predicted octanol–water partition coefficient (Wildman–Crippen LogP) is 1.84. The number of H-pyrrole nitrogens is 1. The lowest BCUT2D eigenvalue weighted by atomic mass is 10.2. The van der Waals surface area contributed by atoms with E-state index in [0.717, 1.165) is 0 Å². The summed E-state index contributed by atoms with van der Waals surface area (Å²) in [5, 5.41) is 3.37. The van der Waals surface area contributed by atoms with E-state index in [-0.39, 0.29) is 16.8 Å². The molecule has 4 nitrogen and oxygen atoms in total. The molecule has 0 fully saturated rings. The Labute approximate surface area is 80.7 Å². The Morgan fingerprint density at radius 1 is 1.47 bits per heavy atom. The van der Waals surface area contributed by atoms with Gasteiger partial charge in [-0.1, -0.05) is 5.16 Å². The molecule has 0 saturated heterocycles. The number of aromatic amines is 1. The standard InChI is InChI=1S/C8H5F3N2O2/c1-3-6-4(14)2-5(8(9,10)11)12-7(6)13-15-3/h2H,1H3,(H,12,13). The fourth-order valence-corrected chi connectivity index (χ4v) is 1.27. The fourth-order valence-electron chi connectivity index (χ4n) is 1.27. The number of rotatable bonds is 0. The molecule has 7 heteroatoms. The summed E-state index contributed by atoms with van der Waals surface area (Å²) in [6.07, 6.45) is -4.60. The van der Waals surface area contributed by atoms with Crippen LogP contribution in [0.5, 0.6) is 0 Å². The molecule has 0 spiro atoms. The third-order valence-corrected chi connectivity index (χ3v) is 1.94. The third kappa shape index (κ3) is 1.49. The van der Waals surface area contributed by atoms with E-state index in [2.05, 4.69) is 9.68 Å². The molecule has 15 heavy (non-hydrogen) atoms. The maximum atomic E-state index is 12.3. The van der Waals surface area contributed by atoms with Gasteiger partial charge in [-0.2, -0.15) is 13.2 Å². The molecular formula is C8H5F3N2O2. The van der Waals surface area contributed by atoms with Gasteiger partial charge in [0.05, 0.1) is 0 Å². The monoisotopic (exact) mass is 218 g/mol. The minimum absolute atomic E-state index is 0.0444. The van der Waals surface area contributed by atoms with Crippen LogP contribution in [-0.2, 0) is 6.18 Å². The highest BCUT2D eigenvalue weighted by Gasteiger charge is 2.33. The average molecular weight is 218 g/mol. The van der Waals surface area contributed by atoms with E-state index >= 15 is 0 Å². The average Bonchev–Trinajstić information content (AvgIpc) is 2.46. The van der Waals surface area contributed by atoms with Gasteiger partial charge in [0, 0.05) is 6.07 Å². The molecule has 0 aliphatic carbocycles. The van der Waals surface area contributed by atoms with Gasteiger partial charge in [0.2, 0.25) is 0 Å². The lowest BCUT2D eigenvalue weighted by Crippen LogP contribution is -2.13. The molecule has 0 amide bonds. The van der Waals surface area contributed by atoms with Gasteiger partial charge in [-0.15, -0.1) is 0 Å². The smallest absolute Gasteiger partial charge is 0.359 e. The van der Waals surface area contributed by atoms with Gasteiger partial charge >= 0.3 is 6.18 Å². The van der Waals surface area contributed by atoms with E-state index in [9.17, 15) is 18.0 Å². The first-order valence-corrected chi connectivity index (χ1v) is 3.96. The highest BCUT2D eigenvalue weighted by molar-refractivity contribution is 5.76. The Balaban J connectivity index is 2.81. The zero-order valence-electron chi connectivity index (χ0n) is 7.47. The van der Waals surface area contributed by atoms with Crippen molar-refractivity contribution in [2.45, 2.75) is 13.1 Å². The number of halogens is 3. The van der Waals surface area contributed by atoms with Gasteiger partial charge in [-0.05, 0) is 6.92 Å². The Morgan fingerprint density at radius 3 is 2.73 bits per heavy atom. The maximum Gasteiger partial charge on any atom is 0.431 e. The summed E-state index contributed by atoms with van der Waals surface area (Å²) in [5.41, 5.74) is -2.07. The van der Waals surface area contributed by atoms with Crippen LogP contribution in [-0.4, -0.2) is 10.1 Å². The van der Waals surface area contributed by atoms with E-state index < -0.39 is 17.3 Å². The number of fused-ring (bicyclic) bond motifs is 1. The first-order valence-electron chi connectivity index (χ1n) is 3.96. The Kier molecular flexibility index (Phi) is 1.85. The van der Waals surface area contributed by atoms with Crippen LogP contribution in [0.25, 0.3) is 11.0 Å². The van der Waals surface area contributed by atoms with Crippen molar-refractivity contribution in [3.63, 3.8) is 0 Å². The van der Waals surface area contributed by atoms with Crippen molar-refractivity contribution in [1.82, 2.24) is 10.1 Å². The lowest BCUT2D eigenvalue weighted by molar-refractivity contribution is -0.141. The number of aromatic nitrogens is 2. The van der Waals surface area contributed by atoms with Crippen molar-refractivity contribution < 1.29 is 17.7 Å². The number of pyridine rings is 1. The molecule has 2 aromatic rings. The molecule has 0 aliphatic rings. The van der Waals surface area contributed by atoms with Crippen LogP contribution in [0, 0.1) is 6.92 Å². The quantitative estimate of drug-likeness (QED) is 0.733. The van der Waals surface area contributed by atoms with Crippen molar-refractivity contribution in [2.75, 3.05) is 0 Å². The van der Waals surface area contributed by atoms with Crippen molar-refractivity contribution in [3.8, 4) is 0 Å². The molecule has 0 aliphatic heterocycles. The zero-order chi connectivity index (χ0) is 11.2. The molecule has 0 radical (unpaired) electrons. The molecular weight excluding hydrogens is 213 g/mol. The summed E-state index contributed by atoms with van der Waals surface area (Å²) in [4.78, 5) is 13.3. The molecule has 80 valence electrons. The molecule has 0 saturated carbocycles. The van der Waals surface area contributed by atoms with Crippen molar-refractivity contribution in [3.05, 3.63) is 27.7 Å². The Bertz CT molecular complexity index is 567. The molecule has 0 aromatic carbocycles. The maximum absolute atomic E-state index is 12.3. The summed E-state index contributed by atoms with van der Waals surface area (Å²) in [7, 11) is 0. The fraction of sp³-hybridized carbons (Fsp3) is 0.250. The predicted molar refractivity (Wildman–Crippen MR) is 44.4 cm³/mol. The molecule has 0 atom stereocenters. The van der Waals surface area contributed by atoms with E-state index in [1.807, 2.05) is 4.98 Å². The van der Waals surface area contributed by atoms with Crippen LogP contribution in [0.4, 0.5) is 13.2 Å². The van der Waals surface area contributed by atoms with Crippen LogP contribution in [0.2, 0.25) is 0 Å². The second-order valence-electron chi connectivity index (χ2n) is 3.01. The van der Waals surface area contributed by atoms with E-state index in [0.29, 0.717) is 6.07 Å². The molecule has 2 rings (SSSR count).